The van der Waals surface area contributed by atoms with E-state index in [1.807, 2.05) is 0 Å². The zero-order valence-corrected chi connectivity index (χ0v) is 13.8. The van der Waals surface area contributed by atoms with Crippen LogP contribution in [0.1, 0.15) is 0 Å². The minimum atomic E-state index is -0.0687. The van der Waals surface area contributed by atoms with Crippen molar-refractivity contribution >= 4 is 34.4 Å². The largest absolute Gasteiger partial charge is 0.495 e. The number of amides is 1. The number of hydrogen-bond donors (Lipinski definition) is 0. The lowest BCUT2D eigenvalue weighted by Crippen LogP contribution is -2.24. The molecular weight excluding hydrogens is 296 g/mol. The van der Waals surface area contributed by atoms with Crippen molar-refractivity contribution in [3.63, 3.8) is 0 Å². The van der Waals surface area contributed by atoms with Crippen LogP contribution in [0.15, 0.2) is 23.1 Å². The van der Waals surface area contributed by atoms with Crippen molar-refractivity contribution in [2.45, 2.75) is 4.90 Å². The van der Waals surface area contributed by atoms with Crippen LogP contribution in [0, 0.1) is 0 Å². The van der Waals surface area contributed by atoms with Crippen LogP contribution in [0.2, 0.25) is 0 Å². The molecule has 110 valence electrons. The molecule has 5 nitrogen and oxygen atoms in total. The minimum Gasteiger partial charge on any atom is -0.495 e. The zero-order chi connectivity index (χ0) is 15.3. The fraction of sp³-hybridized carbons (Fsp3) is 0.385. The van der Waals surface area contributed by atoms with Gasteiger partial charge < -0.3 is 19.3 Å². The average molecular weight is 314 g/mol. The second kappa shape index (κ2) is 7.35. The number of nitrogens with zero attached hydrogens (tertiary/aromatic N) is 2. The van der Waals surface area contributed by atoms with E-state index >= 15 is 0 Å². The third kappa shape index (κ3) is 4.57. The number of methoxy groups -OCH3 is 1. The Morgan fingerprint density at radius 1 is 1.20 bits per heavy atom. The standard InChI is InChI=1S/C13H18N2O3S2/c1-14(2)12(16)20-11-7-6-9(8-10(11)17-5)18-13(19)15(3)4/h6-8H,1-5H3. The van der Waals surface area contributed by atoms with Gasteiger partial charge >= 0.3 is 0 Å². The predicted octanol–water partition coefficient (Wildman–Crippen LogP) is 2.69. The maximum atomic E-state index is 11.7. The van der Waals surface area contributed by atoms with Gasteiger partial charge in [0.25, 0.3) is 10.4 Å². The molecule has 20 heavy (non-hydrogen) atoms. The lowest BCUT2D eigenvalue weighted by atomic mass is 10.3. The monoisotopic (exact) mass is 314 g/mol. The lowest BCUT2D eigenvalue weighted by molar-refractivity contribution is 0.241. The Balaban J connectivity index is 2.90. The van der Waals surface area contributed by atoms with E-state index in [1.54, 1.807) is 58.4 Å². The smallest absolute Gasteiger partial charge is 0.286 e. The summed E-state index contributed by atoms with van der Waals surface area (Å²) in [5, 5.41) is 0.289. The summed E-state index contributed by atoms with van der Waals surface area (Å²) < 4.78 is 10.8. The van der Waals surface area contributed by atoms with Crippen LogP contribution in [0.4, 0.5) is 4.79 Å². The molecular formula is C13H18N2O3S2. The van der Waals surface area contributed by atoms with Crippen molar-refractivity contribution in [1.82, 2.24) is 9.80 Å². The van der Waals surface area contributed by atoms with Gasteiger partial charge in [0.1, 0.15) is 11.5 Å². The maximum absolute atomic E-state index is 11.7. The molecule has 0 spiro atoms. The Kier molecular flexibility index (Phi) is 6.09. The Hall–Kier alpha value is -1.47. The van der Waals surface area contributed by atoms with E-state index in [-0.39, 0.29) is 5.24 Å². The van der Waals surface area contributed by atoms with Gasteiger partial charge in [-0.25, -0.2) is 0 Å². The molecule has 0 radical (unpaired) electrons. The van der Waals surface area contributed by atoms with Gasteiger partial charge in [0.2, 0.25) is 0 Å². The summed E-state index contributed by atoms with van der Waals surface area (Å²) in [4.78, 5) is 15.6. The lowest BCUT2D eigenvalue weighted by Gasteiger charge is -2.16. The Morgan fingerprint density at radius 2 is 1.85 bits per heavy atom. The molecule has 0 N–H and O–H groups in total. The van der Waals surface area contributed by atoms with E-state index in [4.69, 9.17) is 21.7 Å². The molecule has 0 aromatic heterocycles. The van der Waals surface area contributed by atoms with Gasteiger partial charge in [0, 0.05) is 34.3 Å². The highest BCUT2D eigenvalue weighted by molar-refractivity contribution is 8.13. The SMILES string of the molecule is COc1cc(OC(=S)N(C)C)ccc1SC(=O)N(C)C. The molecule has 0 unspecified atom stereocenters. The van der Waals surface area contributed by atoms with Crippen LogP contribution in [-0.4, -0.2) is 55.5 Å². The van der Waals surface area contributed by atoms with Gasteiger partial charge in [-0.2, -0.15) is 0 Å². The van der Waals surface area contributed by atoms with E-state index in [2.05, 4.69) is 0 Å². The van der Waals surface area contributed by atoms with Gasteiger partial charge in [0.05, 0.1) is 12.0 Å². The van der Waals surface area contributed by atoms with Crippen molar-refractivity contribution in [1.29, 1.82) is 0 Å². The number of benzene rings is 1. The van der Waals surface area contributed by atoms with E-state index in [0.29, 0.717) is 16.7 Å². The van der Waals surface area contributed by atoms with Gasteiger partial charge in [-0.3, -0.25) is 4.79 Å². The average Bonchev–Trinajstić information content (AvgIpc) is 2.39. The number of rotatable bonds is 3. The molecule has 1 amide bonds. The number of thioether (sulfide) groups is 1. The summed E-state index contributed by atoms with van der Waals surface area (Å²) in [6.45, 7) is 0. The van der Waals surface area contributed by atoms with Crippen LogP contribution >= 0.6 is 24.0 Å². The number of ether oxygens (including phenoxy) is 2. The van der Waals surface area contributed by atoms with Crippen LogP contribution in [0.25, 0.3) is 0 Å². The Bertz CT molecular complexity index is 504. The van der Waals surface area contributed by atoms with Crippen molar-refractivity contribution in [3.05, 3.63) is 18.2 Å². The van der Waals surface area contributed by atoms with Crippen LogP contribution in [-0.2, 0) is 0 Å². The van der Waals surface area contributed by atoms with Crippen LogP contribution in [0.5, 0.6) is 11.5 Å². The van der Waals surface area contributed by atoms with Crippen LogP contribution in [0.3, 0.4) is 0 Å². The van der Waals surface area contributed by atoms with Gasteiger partial charge in [0.15, 0.2) is 0 Å². The molecule has 1 rings (SSSR count). The summed E-state index contributed by atoms with van der Waals surface area (Å²) in [6.07, 6.45) is 0. The molecule has 0 heterocycles. The topological polar surface area (TPSA) is 42.0 Å². The highest BCUT2D eigenvalue weighted by Crippen LogP contribution is 2.33. The Morgan fingerprint density at radius 3 is 2.35 bits per heavy atom. The molecule has 1 aromatic carbocycles. The number of carbonyl (C=O) groups excluding carboxylic acids is 1. The normalized spacial score (nSPS) is 9.85. The molecule has 1 aromatic rings. The number of thiocarbonyl (C=S) groups is 1. The van der Waals surface area contributed by atoms with Crippen molar-refractivity contribution < 1.29 is 14.3 Å². The molecule has 7 heteroatoms. The Labute approximate surface area is 128 Å². The van der Waals surface area contributed by atoms with E-state index in [1.165, 1.54) is 4.90 Å². The van der Waals surface area contributed by atoms with Crippen molar-refractivity contribution in [3.8, 4) is 11.5 Å². The molecule has 0 aliphatic heterocycles. The zero-order valence-electron chi connectivity index (χ0n) is 12.2. The summed E-state index contributed by atoms with van der Waals surface area (Å²) >= 11 is 6.17. The van der Waals surface area contributed by atoms with Crippen LogP contribution < -0.4 is 9.47 Å². The third-order valence-electron chi connectivity index (χ3n) is 2.27. The second-order valence-corrected chi connectivity index (χ2v) is 5.68. The maximum Gasteiger partial charge on any atom is 0.286 e. The molecule has 0 atom stereocenters. The molecule has 0 aliphatic rings. The van der Waals surface area contributed by atoms with Gasteiger partial charge in [-0.1, -0.05) is 0 Å². The first-order valence-corrected chi connectivity index (χ1v) is 7.04. The summed E-state index contributed by atoms with van der Waals surface area (Å²) in [7, 11) is 8.57. The highest BCUT2D eigenvalue weighted by atomic mass is 32.2. The molecule has 0 saturated heterocycles. The quantitative estimate of drug-likeness (QED) is 0.631. The summed E-state index contributed by atoms with van der Waals surface area (Å²) in [6, 6.07) is 5.24. The fourth-order valence-electron chi connectivity index (χ4n) is 1.17. The van der Waals surface area contributed by atoms with Crippen molar-refractivity contribution in [2.24, 2.45) is 0 Å². The summed E-state index contributed by atoms with van der Waals surface area (Å²) in [5.41, 5.74) is 0. The summed E-state index contributed by atoms with van der Waals surface area (Å²) in [5.74, 6) is 1.14. The number of hydrogen-bond acceptors (Lipinski definition) is 5. The van der Waals surface area contributed by atoms with E-state index in [9.17, 15) is 4.79 Å². The first kappa shape index (κ1) is 16.6. The first-order chi connectivity index (χ1) is 9.35. The van der Waals surface area contributed by atoms with Crippen molar-refractivity contribution in [2.75, 3.05) is 35.3 Å². The molecule has 0 aliphatic carbocycles. The van der Waals surface area contributed by atoms with E-state index in [0.717, 1.165) is 16.7 Å². The highest BCUT2D eigenvalue weighted by Gasteiger charge is 2.13. The first-order valence-electron chi connectivity index (χ1n) is 5.81. The van der Waals surface area contributed by atoms with E-state index < -0.39 is 0 Å². The molecule has 0 bridgehead atoms. The molecule has 0 saturated carbocycles. The van der Waals surface area contributed by atoms with Gasteiger partial charge in [-0.05, 0) is 36.1 Å². The predicted molar refractivity (Wildman–Crippen MR) is 84.8 cm³/mol. The molecule has 0 fully saturated rings. The fourth-order valence-corrected chi connectivity index (χ4v) is 2.02. The number of carbonyl (C=O) groups is 1. The minimum absolute atomic E-state index is 0.0687. The second-order valence-electron chi connectivity index (χ2n) is 4.34. The van der Waals surface area contributed by atoms with Gasteiger partial charge in [-0.15, -0.1) is 0 Å². The third-order valence-corrected chi connectivity index (χ3v) is 3.81.